The van der Waals surface area contributed by atoms with Crippen molar-refractivity contribution in [3.8, 4) is 17.2 Å². The van der Waals surface area contributed by atoms with E-state index in [1.165, 1.54) is 12.1 Å². The molecule has 0 unspecified atom stereocenters. The summed E-state index contributed by atoms with van der Waals surface area (Å²) in [5.74, 6) is -0.751. The second-order valence-corrected chi connectivity index (χ2v) is 8.79. The number of aromatic hydroxyl groups is 1. The second kappa shape index (κ2) is 10.7. The summed E-state index contributed by atoms with van der Waals surface area (Å²) in [6.45, 7) is 1.97. The average Bonchev–Trinajstić information content (AvgIpc) is 2.75. The van der Waals surface area contributed by atoms with Gasteiger partial charge in [0.1, 0.15) is 11.5 Å². The number of nitrogens with one attached hydrogen (secondary N) is 1. The Labute approximate surface area is 202 Å². The molecule has 6 nitrogen and oxygen atoms in total. The van der Waals surface area contributed by atoms with Crippen LogP contribution in [-0.4, -0.2) is 22.1 Å². The van der Waals surface area contributed by atoms with E-state index in [4.69, 9.17) is 9.84 Å². The quantitative estimate of drug-likeness (QED) is 0.303. The number of carbonyl (C=O) groups excluding carboxylic acids is 1. The lowest BCUT2D eigenvalue weighted by atomic mass is 10.0. The van der Waals surface area contributed by atoms with Gasteiger partial charge in [-0.15, -0.1) is 0 Å². The number of carboxylic acid groups (broad SMARTS) is 1. The maximum atomic E-state index is 12.9. The van der Waals surface area contributed by atoms with Crippen molar-refractivity contribution >= 4 is 43.7 Å². The van der Waals surface area contributed by atoms with Gasteiger partial charge in [-0.1, -0.05) is 37.3 Å². The van der Waals surface area contributed by atoms with Gasteiger partial charge in [-0.25, -0.2) is 0 Å². The van der Waals surface area contributed by atoms with Crippen molar-refractivity contribution in [2.24, 2.45) is 0 Å². The molecule has 0 spiro atoms. The second-order valence-electron chi connectivity index (χ2n) is 7.09. The highest BCUT2D eigenvalue weighted by Gasteiger charge is 2.19. The van der Waals surface area contributed by atoms with Crippen LogP contribution in [0.2, 0.25) is 0 Å². The molecule has 3 aromatic rings. The van der Waals surface area contributed by atoms with Gasteiger partial charge in [-0.3, -0.25) is 9.59 Å². The molecule has 0 bridgehead atoms. The third-order valence-electron chi connectivity index (χ3n) is 4.76. The minimum absolute atomic E-state index is 0.0895. The van der Waals surface area contributed by atoms with Crippen LogP contribution in [0.15, 0.2) is 69.6 Å². The minimum Gasteiger partial charge on any atom is -0.507 e. The summed E-state index contributed by atoms with van der Waals surface area (Å²) in [5.41, 5.74) is 1.66. The standard InChI is InChI=1S/C24H21Br2NO5/c1-2-20(15-6-4-3-5-7-15)27-24(31)17-13-16(8-9-21(17)28)32-23-18(25)10-14(11-19(23)26)12-22(29)30/h3-11,13,20,28H,2,12H2,1H3,(H,27,31)(H,29,30)/t20-/m1/s1. The first-order valence-electron chi connectivity index (χ1n) is 9.84. The van der Waals surface area contributed by atoms with Crippen LogP contribution in [0.5, 0.6) is 17.2 Å². The Morgan fingerprint density at radius 2 is 1.69 bits per heavy atom. The Balaban J connectivity index is 1.83. The maximum absolute atomic E-state index is 12.9. The summed E-state index contributed by atoms with van der Waals surface area (Å²) in [6, 6.07) is 17.1. The molecule has 3 rings (SSSR count). The van der Waals surface area contributed by atoms with E-state index in [2.05, 4.69) is 37.2 Å². The van der Waals surface area contributed by atoms with Gasteiger partial charge in [0.05, 0.1) is 27.0 Å². The van der Waals surface area contributed by atoms with E-state index in [-0.39, 0.29) is 23.8 Å². The van der Waals surface area contributed by atoms with Crippen LogP contribution in [0, 0.1) is 0 Å². The van der Waals surface area contributed by atoms with Crippen molar-refractivity contribution in [1.82, 2.24) is 5.32 Å². The molecule has 32 heavy (non-hydrogen) atoms. The highest BCUT2D eigenvalue weighted by atomic mass is 79.9. The lowest BCUT2D eigenvalue weighted by Crippen LogP contribution is -2.28. The SMILES string of the molecule is CC[C@@H](NC(=O)c1cc(Oc2c(Br)cc(CC(=O)O)cc2Br)ccc1O)c1ccccc1. The molecule has 0 fully saturated rings. The Morgan fingerprint density at radius 3 is 2.28 bits per heavy atom. The number of benzene rings is 3. The number of ether oxygens (including phenoxy) is 1. The third kappa shape index (κ3) is 5.89. The van der Waals surface area contributed by atoms with Crippen LogP contribution in [0.25, 0.3) is 0 Å². The number of hydrogen-bond donors (Lipinski definition) is 3. The van der Waals surface area contributed by atoms with Gasteiger partial charge in [0.25, 0.3) is 5.91 Å². The number of aliphatic carboxylic acids is 1. The van der Waals surface area contributed by atoms with E-state index in [0.29, 0.717) is 32.4 Å². The molecule has 3 N–H and O–H groups in total. The summed E-state index contributed by atoms with van der Waals surface area (Å²) in [7, 11) is 0. The number of carbonyl (C=O) groups is 2. The van der Waals surface area contributed by atoms with Gasteiger partial charge in [0.2, 0.25) is 0 Å². The molecular formula is C24H21Br2NO5. The fraction of sp³-hybridized carbons (Fsp3) is 0.167. The van der Waals surface area contributed by atoms with E-state index in [0.717, 1.165) is 5.56 Å². The van der Waals surface area contributed by atoms with Crippen molar-refractivity contribution in [2.75, 3.05) is 0 Å². The molecular weight excluding hydrogens is 542 g/mol. The molecule has 1 amide bonds. The number of carboxylic acids is 1. The first-order valence-corrected chi connectivity index (χ1v) is 11.4. The smallest absolute Gasteiger partial charge is 0.307 e. The zero-order valence-electron chi connectivity index (χ0n) is 17.1. The minimum atomic E-state index is -0.937. The molecule has 1 atom stereocenters. The average molecular weight is 563 g/mol. The van der Waals surface area contributed by atoms with Crippen LogP contribution >= 0.6 is 31.9 Å². The number of amides is 1. The first-order chi connectivity index (χ1) is 15.3. The molecule has 0 radical (unpaired) electrons. The topological polar surface area (TPSA) is 95.9 Å². The normalized spacial score (nSPS) is 11.6. The largest absolute Gasteiger partial charge is 0.507 e. The van der Waals surface area contributed by atoms with Crippen LogP contribution in [0.4, 0.5) is 0 Å². The van der Waals surface area contributed by atoms with Crippen LogP contribution in [0.1, 0.15) is 40.9 Å². The molecule has 0 saturated carbocycles. The van der Waals surface area contributed by atoms with Gasteiger partial charge in [0, 0.05) is 0 Å². The van der Waals surface area contributed by atoms with Gasteiger partial charge < -0.3 is 20.3 Å². The Bertz CT molecular complexity index is 1110. The zero-order chi connectivity index (χ0) is 23.3. The number of rotatable bonds is 8. The van der Waals surface area contributed by atoms with Gasteiger partial charge >= 0.3 is 5.97 Å². The van der Waals surface area contributed by atoms with Crippen molar-refractivity contribution in [2.45, 2.75) is 25.8 Å². The zero-order valence-corrected chi connectivity index (χ0v) is 20.3. The van der Waals surface area contributed by atoms with Crippen LogP contribution in [-0.2, 0) is 11.2 Å². The van der Waals surface area contributed by atoms with Crippen molar-refractivity contribution < 1.29 is 24.5 Å². The molecule has 0 heterocycles. The predicted octanol–water partition coefficient (Wildman–Crippen LogP) is 6.22. The van der Waals surface area contributed by atoms with Gasteiger partial charge in [-0.2, -0.15) is 0 Å². The van der Waals surface area contributed by atoms with Gasteiger partial charge in [-0.05, 0) is 79.7 Å². The van der Waals surface area contributed by atoms with Crippen molar-refractivity contribution in [3.63, 3.8) is 0 Å². The molecule has 166 valence electrons. The summed E-state index contributed by atoms with van der Waals surface area (Å²) in [5, 5.41) is 22.2. The fourth-order valence-electron chi connectivity index (χ4n) is 3.21. The molecule has 0 aliphatic heterocycles. The summed E-state index contributed by atoms with van der Waals surface area (Å²) < 4.78 is 7.04. The first kappa shape index (κ1) is 23.8. The number of hydrogen-bond acceptors (Lipinski definition) is 4. The lowest BCUT2D eigenvalue weighted by Gasteiger charge is -2.18. The Kier molecular flexibility index (Phi) is 7.93. The molecule has 0 aliphatic carbocycles. The predicted molar refractivity (Wildman–Crippen MR) is 128 cm³/mol. The summed E-state index contributed by atoms with van der Waals surface area (Å²) in [4.78, 5) is 23.9. The fourth-order valence-corrected chi connectivity index (χ4v) is 4.65. The number of halogens is 2. The summed E-state index contributed by atoms with van der Waals surface area (Å²) in [6.07, 6.45) is 0.566. The molecule has 0 saturated heterocycles. The monoisotopic (exact) mass is 561 g/mol. The Hall–Kier alpha value is -2.84. The van der Waals surface area contributed by atoms with E-state index in [1.54, 1.807) is 18.2 Å². The Morgan fingerprint density at radius 1 is 1.03 bits per heavy atom. The van der Waals surface area contributed by atoms with E-state index in [9.17, 15) is 14.7 Å². The van der Waals surface area contributed by atoms with Gasteiger partial charge in [0.15, 0.2) is 5.75 Å². The highest BCUT2D eigenvalue weighted by Crippen LogP contribution is 2.39. The van der Waals surface area contributed by atoms with Crippen LogP contribution in [0.3, 0.4) is 0 Å². The van der Waals surface area contributed by atoms with Crippen molar-refractivity contribution in [3.05, 3.63) is 86.3 Å². The molecule has 0 aliphatic rings. The number of phenols is 1. The molecule has 0 aromatic heterocycles. The maximum Gasteiger partial charge on any atom is 0.307 e. The third-order valence-corrected chi connectivity index (χ3v) is 5.94. The van der Waals surface area contributed by atoms with E-state index in [1.807, 2.05) is 37.3 Å². The summed E-state index contributed by atoms with van der Waals surface area (Å²) >= 11 is 6.80. The molecule has 3 aromatic carbocycles. The van der Waals surface area contributed by atoms with Crippen molar-refractivity contribution in [1.29, 1.82) is 0 Å². The highest BCUT2D eigenvalue weighted by molar-refractivity contribution is 9.11. The van der Waals surface area contributed by atoms with E-state index >= 15 is 0 Å². The molecule has 8 heteroatoms. The van der Waals surface area contributed by atoms with Crippen LogP contribution < -0.4 is 10.1 Å². The number of phenolic OH excluding ortho intramolecular Hbond substituents is 1. The van der Waals surface area contributed by atoms with E-state index < -0.39 is 11.9 Å². The lowest BCUT2D eigenvalue weighted by molar-refractivity contribution is -0.136.